The quantitative estimate of drug-likeness (QED) is 0.751. The Morgan fingerprint density at radius 2 is 2.00 bits per heavy atom. The first kappa shape index (κ1) is 12.9. The zero-order chi connectivity index (χ0) is 13.8. The normalized spacial score (nSPS) is 14.7. The first-order valence-corrected chi connectivity index (χ1v) is 5.80. The Hall–Kier alpha value is -2.55. The van der Waals surface area contributed by atoms with Gasteiger partial charge in [-0.15, -0.1) is 0 Å². The highest BCUT2D eigenvalue weighted by Crippen LogP contribution is 2.12. The number of nitrogens with zero attached hydrogens (tertiary/aromatic N) is 3. The first-order chi connectivity index (χ1) is 9.11. The fourth-order valence-electron chi connectivity index (χ4n) is 1.77. The second-order valence-corrected chi connectivity index (χ2v) is 4.17. The topological polar surface area (TPSA) is 73.6 Å². The molecule has 3 amide bonds. The fourth-order valence-corrected chi connectivity index (χ4v) is 1.77. The van der Waals surface area contributed by atoms with Gasteiger partial charge in [0, 0.05) is 7.05 Å². The third kappa shape index (κ3) is 2.83. The lowest BCUT2D eigenvalue weighted by molar-refractivity contribution is -0.125. The Kier molecular flexibility index (Phi) is 3.66. The zero-order valence-electron chi connectivity index (χ0n) is 10.5. The number of carbonyl (C=O) groups excluding carboxylic acids is 2. The van der Waals surface area contributed by atoms with Crippen molar-refractivity contribution in [2.24, 2.45) is 0 Å². The molecule has 1 heterocycles. The molecule has 0 radical (unpaired) electrons. The van der Waals surface area contributed by atoms with E-state index in [9.17, 15) is 9.59 Å². The van der Waals surface area contributed by atoms with Crippen LogP contribution in [-0.4, -0.2) is 48.5 Å². The van der Waals surface area contributed by atoms with Crippen LogP contribution in [0.15, 0.2) is 24.3 Å². The molecular weight excluding hydrogens is 246 g/mol. The van der Waals surface area contributed by atoms with Crippen LogP contribution >= 0.6 is 0 Å². The van der Waals surface area contributed by atoms with Crippen molar-refractivity contribution in [3.05, 3.63) is 29.8 Å². The number of nitriles is 1. The number of ether oxygens (including phenoxy) is 1. The largest absolute Gasteiger partial charge is 0.492 e. The summed E-state index contributed by atoms with van der Waals surface area (Å²) in [7, 11) is 1.59. The summed E-state index contributed by atoms with van der Waals surface area (Å²) in [5.74, 6) is 0.391. The van der Waals surface area contributed by atoms with Gasteiger partial charge < -0.3 is 9.64 Å². The van der Waals surface area contributed by atoms with Crippen LogP contribution in [0.2, 0.25) is 0 Å². The molecule has 6 nitrogen and oxygen atoms in total. The molecule has 0 N–H and O–H groups in total. The van der Waals surface area contributed by atoms with Crippen LogP contribution in [0.5, 0.6) is 5.75 Å². The Bertz CT molecular complexity index is 533. The number of urea groups is 1. The van der Waals surface area contributed by atoms with Gasteiger partial charge in [-0.2, -0.15) is 5.26 Å². The third-order valence-electron chi connectivity index (χ3n) is 2.80. The Balaban J connectivity index is 1.85. The van der Waals surface area contributed by atoms with E-state index in [1.54, 1.807) is 31.3 Å². The summed E-state index contributed by atoms with van der Waals surface area (Å²) >= 11 is 0. The minimum atomic E-state index is -0.298. The monoisotopic (exact) mass is 259 g/mol. The van der Waals surface area contributed by atoms with Crippen molar-refractivity contribution in [3.8, 4) is 11.8 Å². The van der Waals surface area contributed by atoms with E-state index in [0.717, 1.165) is 0 Å². The van der Waals surface area contributed by atoms with E-state index in [0.29, 0.717) is 11.3 Å². The second-order valence-electron chi connectivity index (χ2n) is 4.17. The predicted molar refractivity (Wildman–Crippen MR) is 66.4 cm³/mol. The number of rotatable bonds is 4. The summed E-state index contributed by atoms with van der Waals surface area (Å²) in [4.78, 5) is 25.6. The Labute approximate surface area is 110 Å². The smallest absolute Gasteiger partial charge is 0.327 e. The molecule has 19 heavy (non-hydrogen) atoms. The van der Waals surface area contributed by atoms with E-state index in [1.807, 2.05) is 6.07 Å². The van der Waals surface area contributed by atoms with Crippen molar-refractivity contribution in [2.45, 2.75) is 0 Å². The molecule has 0 saturated carbocycles. The summed E-state index contributed by atoms with van der Waals surface area (Å²) in [6.07, 6.45) is 0. The van der Waals surface area contributed by atoms with E-state index in [4.69, 9.17) is 10.00 Å². The Morgan fingerprint density at radius 1 is 1.32 bits per heavy atom. The van der Waals surface area contributed by atoms with E-state index in [-0.39, 0.29) is 31.6 Å². The highest BCUT2D eigenvalue weighted by atomic mass is 16.5. The van der Waals surface area contributed by atoms with E-state index >= 15 is 0 Å². The number of imide groups is 1. The molecule has 0 aliphatic carbocycles. The van der Waals surface area contributed by atoms with Crippen molar-refractivity contribution in [1.82, 2.24) is 9.80 Å². The van der Waals surface area contributed by atoms with Gasteiger partial charge >= 0.3 is 6.03 Å². The standard InChI is InChI=1S/C13H13N3O3/c1-15-9-12(17)16(13(15)18)6-7-19-11-4-2-10(8-14)3-5-11/h2-5H,6-7,9H2,1H3. The molecule has 1 aliphatic rings. The van der Waals surface area contributed by atoms with Gasteiger partial charge in [0.25, 0.3) is 0 Å². The van der Waals surface area contributed by atoms with Gasteiger partial charge in [-0.25, -0.2) is 4.79 Å². The van der Waals surface area contributed by atoms with Crippen LogP contribution in [0.25, 0.3) is 0 Å². The number of hydrogen-bond acceptors (Lipinski definition) is 4. The van der Waals surface area contributed by atoms with Crippen LogP contribution in [0, 0.1) is 11.3 Å². The zero-order valence-corrected chi connectivity index (χ0v) is 10.5. The maximum atomic E-state index is 11.6. The van der Waals surface area contributed by atoms with Crippen LogP contribution < -0.4 is 4.74 Å². The molecule has 0 bridgehead atoms. The highest BCUT2D eigenvalue weighted by molar-refractivity contribution is 6.01. The number of amides is 3. The van der Waals surface area contributed by atoms with Crippen LogP contribution in [0.4, 0.5) is 4.79 Å². The van der Waals surface area contributed by atoms with Gasteiger partial charge in [0.05, 0.1) is 18.2 Å². The van der Waals surface area contributed by atoms with Crippen molar-refractivity contribution >= 4 is 11.9 Å². The molecular formula is C13H13N3O3. The lowest BCUT2D eigenvalue weighted by Gasteiger charge is -2.14. The number of likely N-dealkylation sites (N-methyl/N-ethyl adjacent to an activating group) is 1. The molecule has 98 valence electrons. The van der Waals surface area contributed by atoms with E-state index < -0.39 is 0 Å². The number of carbonyl (C=O) groups is 2. The fraction of sp³-hybridized carbons (Fsp3) is 0.308. The molecule has 1 aromatic rings. The van der Waals surface area contributed by atoms with Crippen molar-refractivity contribution in [3.63, 3.8) is 0 Å². The SMILES string of the molecule is CN1CC(=O)N(CCOc2ccc(C#N)cc2)C1=O. The lowest BCUT2D eigenvalue weighted by atomic mass is 10.2. The van der Waals surface area contributed by atoms with Gasteiger partial charge in [-0.1, -0.05) is 0 Å². The van der Waals surface area contributed by atoms with Gasteiger partial charge in [-0.05, 0) is 24.3 Å². The van der Waals surface area contributed by atoms with Crippen molar-refractivity contribution in [1.29, 1.82) is 5.26 Å². The van der Waals surface area contributed by atoms with Crippen LogP contribution in [0.1, 0.15) is 5.56 Å². The molecule has 6 heteroatoms. The minimum Gasteiger partial charge on any atom is -0.492 e. The van der Waals surface area contributed by atoms with E-state index in [1.165, 1.54) is 9.80 Å². The Morgan fingerprint density at radius 3 is 2.53 bits per heavy atom. The van der Waals surface area contributed by atoms with Crippen LogP contribution in [0.3, 0.4) is 0 Å². The molecule has 1 aromatic carbocycles. The maximum absolute atomic E-state index is 11.6. The van der Waals surface area contributed by atoms with Gasteiger partial charge in [0.1, 0.15) is 18.9 Å². The molecule has 2 rings (SSSR count). The molecule has 1 aliphatic heterocycles. The van der Waals surface area contributed by atoms with Gasteiger partial charge in [0.15, 0.2) is 0 Å². The first-order valence-electron chi connectivity index (χ1n) is 5.80. The summed E-state index contributed by atoms with van der Waals surface area (Å²) in [5, 5.41) is 8.65. The van der Waals surface area contributed by atoms with Crippen molar-refractivity contribution in [2.75, 3.05) is 26.7 Å². The molecule has 0 aromatic heterocycles. The lowest BCUT2D eigenvalue weighted by Crippen LogP contribution is -2.35. The molecule has 1 fully saturated rings. The maximum Gasteiger partial charge on any atom is 0.327 e. The van der Waals surface area contributed by atoms with E-state index in [2.05, 4.69) is 0 Å². The highest BCUT2D eigenvalue weighted by Gasteiger charge is 2.32. The average molecular weight is 259 g/mol. The van der Waals surface area contributed by atoms with Crippen molar-refractivity contribution < 1.29 is 14.3 Å². The van der Waals surface area contributed by atoms with Gasteiger partial charge in [0.2, 0.25) is 5.91 Å². The molecule has 0 unspecified atom stereocenters. The summed E-state index contributed by atoms with van der Waals surface area (Å²) in [6, 6.07) is 8.37. The molecule has 0 atom stereocenters. The average Bonchev–Trinajstić information content (AvgIpc) is 2.66. The molecule has 0 spiro atoms. The minimum absolute atomic E-state index is 0.121. The van der Waals surface area contributed by atoms with Gasteiger partial charge in [-0.3, -0.25) is 9.69 Å². The number of hydrogen-bond donors (Lipinski definition) is 0. The molecule has 1 saturated heterocycles. The summed E-state index contributed by atoms with van der Waals surface area (Å²) < 4.78 is 5.43. The second kappa shape index (κ2) is 5.40. The third-order valence-corrected chi connectivity index (χ3v) is 2.80. The predicted octanol–water partition coefficient (Wildman–Crippen LogP) is 0.831. The summed E-state index contributed by atoms with van der Waals surface area (Å²) in [6.45, 7) is 0.578. The number of benzene rings is 1. The van der Waals surface area contributed by atoms with Crippen LogP contribution in [-0.2, 0) is 4.79 Å². The summed E-state index contributed by atoms with van der Waals surface area (Å²) in [5.41, 5.74) is 0.555.